The standard InChI is InChI=1S/C16H16BrNO/c1-12-7-3-4-8-13(12)11-18(2)16(19)14-9-5-6-10-15(14)17/h3-10H,11H2,1-2H3. The van der Waals surface area contributed by atoms with Gasteiger partial charge in [0.1, 0.15) is 0 Å². The van der Waals surface area contributed by atoms with Gasteiger partial charge in [-0.2, -0.15) is 0 Å². The zero-order chi connectivity index (χ0) is 13.8. The predicted octanol–water partition coefficient (Wildman–Crippen LogP) is 4.03. The van der Waals surface area contributed by atoms with Gasteiger partial charge < -0.3 is 4.90 Å². The first-order valence-corrected chi connectivity index (χ1v) is 6.93. The van der Waals surface area contributed by atoms with Gasteiger partial charge in [-0.25, -0.2) is 0 Å². The van der Waals surface area contributed by atoms with E-state index in [1.807, 2.05) is 43.4 Å². The van der Waals surface area contributed by atoms with Crippen LogP contribution >= 0.6 is 15.9 Å². The average molecular weight is 318 g/mol. The van der Waals surface area contributed by atoms with Gasteiger partial charge in [0.05, 0.1) is 5.56 Å². The number of halogens is 1. The van der Waals surface area contributed by atoms with E-state index in [0.717, 1.165) is 4.47 Å². The van der Waals surface area contributed by atoms with Gasteiger partial charge in [0.15, 0.2) is 0 Å². The molecular formula is C16H16BrNO. The van der Waals surface area contributed by atoms with E-state index < -0.39 is 0 Å². The number of hydrogen-bond donors (Lipinski definition) is 0. The fraction of sp³-hybridized carbons (Fsp3) is 0.188. The number of benzene rings is 2. The van der Waals surface area contributed by atoms with E-state index in [2.05, 4.69) is 35.0 Å². The molecule has 0 heterocycles. The van der Waals surface area contributed by atoms with Gasteiger partial charge >= 0.3 is 0 Å². The van der Waals surface area contributed by atoms with Crippen molar-refractivity contribution in [3.05, 3.63) is 69.7 Å². The fourth-order valence-corrected chi connectivity index (χ4v) is 2.41. The number of nitrogens with zero attached hydrogens (tertiary/aromatic N) is 1. The van der Waals surface area contributed by atoms with Gasteiger partial charge in [0.2, 0.25) is 0 Å². The van der Waals surface area contributed by atoms with E-state index in [1.54, 1.807) is 4.90 Å². The third-order valence-electron chi connectivity index (χ3n) is 3.12. The van der Waals surface area contributed by atoms with Crippen molar-refractivity contribution < 1.29 is 4.79 Å². The monoisotopic (exact) mass is 317 g/mol. The van der Waals surface area contributed by atoms with Crippen LogP contribution in [0.25, 0.3) is 0 Å². The molecule has 98 valence electrons. The Labute approximate surface area is 122 Å². The molecule has 0 atom stereocenters. The van der Waals surface area contributed by atoms with Crippen LogP contribution in [0.2, 0.25) is 0 Å². The number of hydrogen-bond acceptors (Lipinski definition) is 1. The molecule has 0 aliphatic carbocycles. The van der Waals surface area contributed by atoms with Gasteiger partial charge in [-0.3, -0.25) is 4.79 Å². The highest BCUT2D eigenvalue weighted by molar-refractivity contribution is 9.10. The Hall–Kier alpha value is -1.61. The predicted molar refractivity (Wildman–Crippen MR) is 81.1 cm³/mol. The Morgan fingerprint density at radius 1 is 1.11 bits per heavy atom. The summed E-state index contributed by atoms with van der Waals surface area (Å²) in [5.74, 6) is 0.0238. The molecule has 0 saturated heterocycles. The van der Waals surface area contributed by atoms with Crippen molar-refractivity contribution in [2.75, 3.05) is 7.05 Å². The summed E-state index contributed by atoms with van der Waals surface area (Å²) >= 11 is 3.42. The number of aryl methyl sites for hydroxylation is 1. The third-order valence-corrected chi connectivity index (χ3v) is 3.81. The van der Waals surface area contributed by atoms with Gasteiger partial charge in [-0.15, -0.1) is 0 Å². The molecule has 0 unspecified atom stereocenters. The van der Waals surface area contributed by atoms with Crippen LogP contribution in [0.4, 0.5) is 0 Å². The molecule has 0 saturated carbocycles. The van der Waals surface area contributed by atoms with Crippen molar-refractivity contribution in [1.29, 1.82) is 0 Å². The first-order chi connectivity index (χ1) is 9.09. The Kier molecular flexibility index (Phi) is 4.38. The lowest BCUT2D eigenvalue weighted by Gasteiger charge is -2.19. The topological polar surface area (TPSA) is 20.3 Å². The zero-order valence-electron chi connectivity index (χ0n) is 11.1. The molecule has 2 aromatic carbocycles. The molecule has 0 aliphatic heterocycles. The third kappa shape index (κ3) is 3.24. The number of carbonyl (C=O) groups excluding carboxylic acids is 1. The highest BCUT2D eigenvalue weighted by Gasteiger charge is 2.14. The lowest BCUT2D eigenvalue weighted by Crippen LogP contribution is -2.26. The Balaban J connectivity index is 2.17. The molecule has 0 aromatic heterocycles. The summed E-state index contributed by atoms with van der Waals surface area (Å²) in [4.78, 5) is 14.1. The Bertz CT molecular complexity index is 595. The summed E-state index contributed by atoms with van der Waals surface area (Å²) in [5.41, 5.74) is 3.07. The Morgan fingerprint density at radius 3 is 2.42 bits per heavy atom. The first-order valence-electron chi connectivity index (χ1n) is 6.14. The van der Waals surface area contributed by atoms with Crippen LogP contribution < -0.4 is 0 Å². The van der Waals surface area contributed by atoms with Crippen LogP contribution in [-0.2, 0) is 6.54 Å². The Morgan fingerprint density at radius 2 is 1.74 bits per heavy atom. The SMILES string of the molecule is Cc1ccccc1CN(C)C(=O)c1ccccc1Br. The van der Waals surface area contributed by atoms with Crippen LogP contribution in [-0.4, -0.2) is 17.9 Å². The molecule has 0 fully saturated rings. The summed E-state index contributed by atoms with van der Waals surface area (Å²) in [5, 5.41) is 0. The molecule has 2 rings (SSSR count). The maximum absolute atomic E-state index is 12.4. The molecule has 2 nitrogen and oxygen atoms in total. The minimum absolute atomic E-state index is 0.0238. The largest absolute Gasteiger partial charge is 0.337 e. The van der Waals surface area contributed by atoms with Crippen molar-refractivity contribution in [1.82, 2.24) is 4.90 Å². The normalized spacial score (nSPS) is 10.3. The van der Waals surface area contributed by atoms with Gasteiger partial charge in [-0.1, -0.05) is 36.4 Å². The van der Waals surface area contributed by atoms with Crippen LogP contribution in [0.5, 0.6) is 0 Å². The van der Waals surface area contributed by atoms with Crippen molar-refractivity contribution in [2.24, 2.45) is 0 Å². The molecule has 1 amide bonds. The summed E-state index contributed by atoms with van der Waals surface area (Å²) in [6.07, 6.45) is 0. The van der Waals surface area contributed by atoms with Gasteiger partial charge in [0.25, 0.3) is 5.91 Å². The fourth-order valence-electron chi connectivity index (χ4n) is 1.96. The quantitative estimate of drug-likeness (QED) is 0.837. The molecule has 19 heavy (non-hydrogen) atoms. The van der Waals surface area contributed by atoms with Gasteiger partial charge in [-0.05, 0) is 46.1 Å². The highest BCUT2D eigenvalue weighted by Crippen LogP contribution is 2.19. The van der Waals surface area contributed by atoms with Gasteiger partial charge in [0, 0.05) is 18.1 Å². The van der Waals surface area contributed by atoms with Crippen LogP contribution in [0, 0.1) is 6.92 Å². The van der Waals surface area contributed by atoms with Crippen molar-refractivity contribution >= 4 is 21.8 Å². The van der Waals surface area contributed by atoms with Crippen molar-refractivity contribution in [2.45, 2.75) is 13.5 Å². The lowest BCUT2D eigenvalue weighted by atomic mass is 10.1. The maximum atomic E-state index is 12.4. The second-order valence-corrected chi connectivity index (χ2v) is 5.42. The summed E-state index contributed by atoms with van der Waals surface area (Å²) in [6.45, 7) is 2.68. The average Bonchev–Trinajstić information content (AvgIpc) is 2.41. The van der Waals surface area contributed by atoms with Crippen molar-refractivity contribution in [3.8, 4) is 0 Å². The van der Waals surface area contributed by atoms with Crippen molar-refractivity contribution in [3.63, 3.8) is 0 Å². The number of carbonyl (C=O) groups is 1. The lowest BCUT2D eigenvalue weighted by molar-refractivity contribution is 0.0784. The summed E-state index contributed by atoms with van der Waals surface area (Å²) < 4.78 is 0.830. The van der Waals surface area contributed by atoms with E-state index in [9.17, 15) is 4.79 Å². The molecule has 0 spiro atoms. The number of rotatable bonds is 3. The molecular weight excluding hydrogens is 302 g/mol. The minimum atomic E-state index is 0.0238. The molecule has 0 N–H and O–H groups in total. The molecule has 0 aliphatic rings. The van der Waals surface area contributed by atoms with Crippen LogP contribution in [0.15, 0.2) is 53.0 Å². The summed E-state index contributed by atoms with van der Waals surface area (Å²) in [6, 6.07) is 15.6. The van der Waals surface area contributed by atoms with E-state index in [0.29, 0.717) is 12.1 Å². The smallest absolute Gasteiger partial charge is 0.255 e. The first kappa shape index (κ1) is 13.8. The van der Waals surface area contributed by atoms with E-state index in [4.69, 9.17) is 0 Å². The van der Waals surface area contributed by atoms with Crippen LogP contribution in [0.1, 0.15) is 21.5 Å². The molecule has 0 bridgehead atoms. The summed E-state index contributed by atoms with van der Waals surface area (Å²) in [7, 11) is 1.83. The molecule has 3 heteroatoms. The maximum Gasteiger partial charge on any atom is 0.255 e. The van der Waals surface area contributed by atoms with E-state index >= 15 is 0 Å². The minimum Gasteiger partial charge on any atom is -0.337 e. The highest BCUT2D eigenvalue weighted by atomic mass is 79.9. The molecule has 0 radical (unpaired) electrons. The molecule has 2 aromatic rings. The second kappa shape index (κ2) is 6.02. The second-order valence-electron chi connectivity index (χ2n) is 4.57. The zero-order valence-corrected chi connectivity index (χ0v) is 12.6. The number of amides is 1. The van der Waals surface area contributed by atoms with Crippen LogP contribution in [0.3, 0.4) is 0 Å². The van der Waals surface area contributed by atoms with E-state index in [1.165, 1.54) is 11.1 Å². The van der Waals surface area contributed by atoms with E-state index in [-0.39, 0.29) is 5.91 Å².